The lowest BCUT2D eigenvalue weighted by Gasteiger charge is -2.36. The van der Waals surface area contributed by atoms with Crippen LogP contribution in [0.4, 0.5) is 14.9 Å². The van der Waals surface area contributed by atoms with E-state index in [0.717, 1.165) is 26.3 Å². The Morgan fingerprint density at radius 3 is 2.65 bits per heavy atom. The lowest BCUT2D eigenvalue weighted by atomic mass is 10.0. The van der Waals surface area contributed by atoms with E-state index in [0.29, 0.717) is 23.7 Å². The van der Waals surface area contributed by atoms with Crippen LogP contribution in [0.2, 0.25) is 0 Å². The number of rotatable bonds is 5. The van der Waals surface area contributed by atoms with E-state index in [1.54, 1.807) is 19.1 Å². The highest BCUT2D eigenvalue weighted by molar-refractivity contribution is 5.89. The van der Waals surface area contributed by atoms with Crippen molar-refractivity contribution in [3.63, 3.8) is 0 Å². The van der Waals surface area contributed by atoms with Gasteiger partial charge >= 0.3 is 6.03 Å². The molecule has 0 radical (unpaired) electrons. The molecule has 2 rings (SSSR count). The number of urea groups is 1. The van der Waals surface area contributed by atoms with Crippen molar-refractivity contribution < 1.29 is 13.9 Å². The smallest absolute Gasteiger partial charge is 0.319 e. The summed E-state index contributed by atoms with van der Waals surface area (Å²) in [5.74, 6) is 0.0985. The van der Waals surface area contributed by atoms with Crippen molar-refractivity contribution in [3.05, 3.63) is 29.6 Å². The molecule has 1 aromatic rings. The van der Waals surface area contributed by atoms with Crippen molar-refractivity contribution in [1.82, 2.24) is 10.2 Å². The predicted molar refractivity (Wildman–Crippen MR) is 89.2 cm³/mol. The summed E-state index contributed by atoms with van der Waals surface area (Å²) in [6, 6.07) is 4.62. The maximum Gasteiger partial charge on any atom is 0.319 e. The number of aryl methyl sites for hydroxylation is 1. The molecule has 0 aromatic heterocycles. The number of nitrogens with one attached hydrogen (secondary N) is 2. The zero-order valence-corrected chi connectivity index (χ0v) is 14.1. The maximum atomic E-state index is 13.5. The molecule has 0 saturated carbocycles. The first-order valence-electron chi connectivity index (χ1n) is 8.10. The molecule has 6 heteroatoms. The Kier molecular flexibility index (Phi) is 6.36. The standard InChI is InChI=1S/C17H26FN3O2/c1-12(2)16(21-6-8-23-9-7-21)11-19-17(22)20-14-5-4-13(3)15(18)10-14/h4-5,10,12,16H,6-9,11H2,1-3H3,(H2,19,20,22). The highest BCUT2D eigenvalue weighted by atomic mass is 19.1. The molecule has 0 bridgehead atoms. The van der Waals surface area contributed by atoms with Crippen molar-refractivity contribution in [1.29, 1.82) is 0 Å². The number of anilines is 1. The third-order valence-corrected chi connectivity index (χ3v) is 4.19. The van der Waals surface area contributed by atoms with Gasteiger partial charge in [0.25, 0.3) is 0 Å². The second kappa shape index (κ2) is 8.26. The summed E-state index contributed by atoms with van der Waals surface area (Å²) < 4.78 is 18.9. The molecule has 2 N–H and O–H groups in total. The molecule has 5 nitrogen and oxygen atoms in total. The van der Waals surface area contributed by atoms with Crippen LogP contribution in [0.15, 0.2) is 18.2 Å². The Morgan fingerprint density at radius 1 is 1.35 bits per heavy atom. The summed E-state index contributed by atoms with van der Waals surface area (Å²) in [5.41, 5.74) is 1.02. The molecule has 1 aliphatic rings. The third-order valence-electron chi connectivity index (χ3n) is 4.19. The average Bonchev–Trinajstić information content (AvgIpc) is 2.52. The van der Waals surface area contributed by atoms with E-state index in [-0.39, 0.29) is 17.9 Å². The number of nitrogens with zero attached hydrogens (tertiary/aromatic N) is 1. The summed E-state index contributed by atoms with van der Waals surface area (Å²) >= 11 is 0. The first-order valence-corrected chi connectivity index (χ1v) is 8.10. The van der Waals surface area contributed by atoms with Gasteiger partial charge in [0.05, 0.1) is 13.2 Å². The second-order valence-corrected chi connectivity index (χ2v) is 6.26. The summed E-state index contributed by atoms with van der Waals surface area (Å²) in [5, 5.41) is 5.56. The number of amides is 2. The van der Waals surface area contributed by atoms with Crippen LogP contribution in [-0.2, 0) is 4.74 Å². The molecule has 1 fully saturated rings. The number of morpholine rings is 1. The quantitative estimate of drug-likeness (QED) is 0.876. The number of benzene rings is 1. The average molecular weight is 323 g/mol. The number of hydrogen-bond acceptors (Lipinski definition) is 3. The molecule has 1 aliphatic heterocycles. The van der Waals surface area contributed by atoms with Crippen molar-refractivity contribution in [2.24, 2.45) is 5.92 Å². The lowest BCUT2D eigenvalue weighted by Crippen LogP contribution is -2.51. The molecule has 0 aliphatic carbocycles. The number of hydrogen-bond donors (Lipinski definition) is 2. The summed E-state index contributed by atoms with van der Waals surface area (Å²) in [6.07, 6.45) is 0. The number of carbonyl (C=O) groups is 1. The minimum Gasteiger partial charge on any atom is -0.379 e. The SMILES string of the molecule is Cc1ccc(NC(=O)NCC(C(C)C)N2CCOCC2)cc1F. The van der Waals surface area contributed by atoms with Crippen LogP contribution < -0.4 is 10.6 Å². The van der Waals surface area contributed by atoms with E-state index in [9.17, 15) is 9.18 Å². The minimum atomic E-state index is -0.323. The van der Waals surface area contributed by atoms with Crippen molar-refractivity contribution in [2.45, 2.75) is 26.8 Å². The molecule has 1 atom stereocenters. The first kappa shape index (κ1) is 17.7. The Balaban J connectivity index is 1.86. The topological polar surface area (TPSA) is 53.6 Å². The van der Waals surface area contributed by atoms with Gasteiger partial charge < -0.3 is 15.4 Å². The van der Waals surface area contributed by atoms with Crippen LogP contribution in [0, 0.1) is 18.7 Å². The van der Waals surface area contributed by atoms with Gasteiger partial charge in [-0.3, -0.25) is 4.90 Å². The molecule has 1 heterocycles. The molecule has 1 aromatic carbocycles. The normalized spacial score (nSPS) is 17.1. The molecule has 2 amide bonds. The summed E-state index contributed by atoms with van der Waals surface area (Å²) in [4.78, 5) is 14.4. The van der Waals surface area contributed by atoms with Crippen LogP contribution >= 0.6 is 0 Å². The lowest BCUT2D eigenvalue weighted by molar-refractivity contribution is 0.00728. The zero-order valence-electron chi connectivity index (χ0n) is 14.1. The van der Waals surface area contributed by atoms with E-state index in [1.165, 1.54) is 6.07 Å². The zero-order chi connectivity index (χ0) is 16.8. The van der Waals surface area contributed by atoms with Gasteiger partial charge in [-0.05, 0) is 30.5 Å². The van der Waals surface area contributed by atoms with E-state index in [2.05, 4.69) is 29.4 Å². The van der Waals surface area contributed by atoms with E-state index in [4.69, 9.17) is 4.74 Å². The Labute approximate surface area is 137 Å². The molecular weight excluding hydrogens is 297 g/mol. The third kappa shape index (κ3) is 5.18. The molecule has 1 unspecified atom stereocenters. The van der Waals surface area contributed by atoms with Gasteiger partial charge in [0, 0.05) is 31.4 Å². The van der Waals surface area contributed by atoms with Crippen molar-refractivity contribution in [2.75, 3.05) is 38.2 Å². The molecule has 128 valence electrons. The van der Waals surface area contributed by atoms with Gasteiger partial charge in [-0.1, -0.05) is 19.9 Å². The van der Waals surface area contributed by atoms with Crippen LogP contribution in [0.1, 0.15) is 19.4 Å². The van der Waals surface area contributed by atoms with E-state index < -0.39 is 0 Å². The van der Waals surface area contributed by atoms with Crippen LogP contribution in [0.5, 0.6) is 0 Å². The fraction of sp³-hybridized carbons (Fsp3) is 0.588. The van der Waals surface area contributed by atoms with Crippen LogP contribution in [0.25, 0.3) is 0 Å². The van der Waals surface area contributed by atoms with E-state index in [1.807, 2.05) is 0 Å². The van der Waals surface area contributed by atoms with E-state index >= 15 is 0 Å². The first-order chi connectivity index (χ1) is 11.0. The predicted octanol–water partition coefficient (Wildman–Crippen LogP) is 2.61. The van der Waals surface area contributed by atoms with Gasteiger partial charge in [0.15, 0.2) is 0 Å². The highest BCUT2D eigenvalue weighted by Crippen LogP contribution is 2.14. The van der Waals surface area contributed by atoms with Gasteiger partial charge in [-0.25, -0.2) is 9.18 Å². The maximum absolute atomic E-state index is 13.5. The van der Waals surface area contributed by atoms with Crippen molar-refractivity contribution in [3.8, 4) is 0 Å². The van der Waals surface area contributed by atoms with Crippen LogP contribution in [0.3, 0.4) is 0 Å². The number of ether oxygens (including phenoxy) is 1. The van der Waals surface area contributed by atoms with Crippen LogP contribution in [-0.4, -0.2) is 49.8 Å². The fourth-order valence-electron chi connectivity index (χ4n) is 2.74. The number of halogens is 1. The molecule has 1 saturated heterocycles. The van der Waals surface area contributed by atoms with Gasteiger partial charge in [0.2, 0.25) is 0 Å². The highest BCUT2D eigenvalue weighted by Gasteiger charge is 2.24. The van der Waals surface area contributed by atoms with Gasteiger partial charge in [-0.15, -0.1) is 0 Å². The molecular formula is C17H26FN3O2. The Bertz CT molecular complexity index is 531. The summed E-state index contributed by atoms with van der Waals surface area (Å²) in [6.45, 7) is 9.78. The fourth-order valence-corrected chi connectivity index (χ4v) is 2.74. The molecule has 0 spiro atoms. The Hall–Kier alpha value is -1.66. The van der Waals surface area contributed by atoms with Gasteiger partial charge in [0.1, 0.15) is 5.82 Å². The minimum absolute atomic E-state index is 0.263. The summed E-state index contributed by atoms with van der Waals surface area (Å²) in [7, 11) is 0. The Morgan fingerprint density at radius 2 is 2.04 bits per heavy atom. The van der Waals surface area contributed by atoms with Crippen molar-refractivity contribution >= 4 is 11.7 Å². The molecule has 23 heavy (non-hydrogen) atoms. The monoisotopic (exact) mass is 323 g/mol. The largest absolute Gasteiger partial charge is 0.379 e. The van der Waals surface area contributed by atoms with Gasteiger partial charge in [-0.2, -0.15) is 0 Å². The number of carbonyl (C=O) groups excluding carboxylic acids is 1. The second-order valence-electron chi connectivity index (χ2n) is 6.26.